The molecule has 1 aromatic carbocycles. The zero-order chi connectivity index (χ0) is 13.8. The predicted molar refractivity (Wildman–Crippen MR) is 73.9 cm³/mol. The summed E-state index contributed by atoms with van der Waals surface area (Å²) in [7, 11) is 3.34. The summed E-state index contributed by atoms with van der Waals surface area (Å²) in [4.78, 5) is 10.9. The summed E-state index contributed by atoms with van der Waals surface area (Å²) in [5, 5.41) is 2.86. The van der Waals surface area contributed by atoms with E-state index in [9.17, 15) is 4.79 Å². The average molecular weight is 263 g/mol. The number of nitrogens with one attached hydrogen (secondary N) is 1. The quantitative estimate of drug-likeness (QED) is 0.886. The van der Waals surface area contributed by atoms with Gasteiger partial charge < -0.3 is 14.8 Å². The van der Waals surface area contributed by atoms with Crippen LogP contribution >= 0.6 is 0 Å². The topological polar surface area (TPSA) is 47.6 Å². The second-order valence-corrected chi connectivity index (χ2v) is 4.88. The van der Waals surface area contributed by atoms with Crippen LogP contribution < -0.4 is 14.8 Å². The van der Waals surface area contributed by atoms with Gasteiger partial charge in [0, 0.05) is 19.0 Å². The fourth-order valence-corrected chi connectivity index (χ4v) is 2.84. The summed E-state index contributed by atoms with van der Waals surface area (Å²) >= 11 is 0. The van der Waals surface area contributed by atoms with Gasteiger partial charge in [-0.3, -0.25) is 4.79 Å². The minimum Gasteiger partial charge on any atom is -0.493 e. The molecule has 0 heterocycles. The van der Waals surface area contributed by atoms with Crippen LogP contribution in [0.25, 0.3) is 0 Å². The first-order chi connectivity index (χ1) is 9.17. The summed E-state index contributed by atoms with van der Waals surface area (Å²) in [6.07, 6.45) is 3.12. The molecule has 0 saturated heterocycles. The van der Waals surface area contributed by atoms with Gasteiger partial charge in [-0.2, -0.15) is 0 Å². The Morgan fingerprint density at radius 2 is 2.16 bits per heavy atom. The molecule has 1 atom stereocenters. The SMILES string of the molecule is COc1ccc2c(c1OC)[C@H](CCNC(C)=O)CC2. The van der Waals surface area contributed by atoms with Crippen molar-refractivity contribution < 1.29 is 14.3 Å². The fraction of sp³-hybridized carbons (Fsp3) is 0.533. The number of amides is 1. The molecule has 4 nitrogen and oxygen atoms in total. The molecule has 0 radical (unpaired) electrons. The Kier molecular flexibility index (Phi) is 4.30. The van der Waals surface area contributed by atoms with Gasteiger partial charge in [-0.25, -0.2) is 0 Å². The van der Waals surface area contributed by atoms with Crippen LogP contribution in [0.2, 0.25) is 0 Å². The van der Waals surface area contributed by atoms with Crippen LogP contribution in [0.15, 0.2) is 12.1 Å². The van der Waals surface area contributed by atoms with Crippen LogP contribution in [-0.4, -0.2) is 26.7 Å². The van der Waals surface area contributed by atoms with Crippen LogP contribution in [0, 0.1) is 0 Å². The third-order valence-corrected chi connectivity index (χ3v) is 3.71. The molecule has 0 aromatic heterocycles. The molecule has 1 N–H and O–H groups in total. The van der Waals surface area contributed by atoms with Crippen molar-refractivity contribution in [1.29, 1.82) is 0 Å². The zero-order valence-corrected chi connectivity index (χ0v) is 11.8. The maximum absolute atomic E-state index is 10.9. The Bertz CT molecular complexity index is 471. The summed E-state index contributed by atoms with van der Waals surface area (Å²) < 4.78 is 10.9. The van der Waals surface area contributed by atoms with Crippen molar-refractivity contribution in [2.75, 3.05) is 20.8 Å². The molecular weight excluding hydrogens is 242 g/mol. The van der Waals surface area contributed by atoms with E-state index in [1.165, 1.54) is 11.1 Å². The lowest BCUT2D eigenvalue weighted by atomic mass is 9.96. The van der Waals surface area contributed by atoms with Crippen LogP contribution in [0.3, 0.4) is 0 Å². The van der Waals surface area contributed by atoms with Crippen LogP contribution in [-0.2, 0) is 11.2 Å². The summed E-state index contributed by atoms with van der Waals surface area (Å²) in [5.41, 5.74) is 2.60. The Hall–Kier alpha value is -1.71. The van der Waals surface area contributed by atoms with E-state index in [1.807, 2.05) is 6.07 Å². The Morgan fingerprint density at radius 3 is 2.79 bits per heavy atom. The maximum Gasteiger partial charge on any atom is 0.216 e. The summed E-state index contributed by atoms with van der Waals surface area (Å²) in [5.74, 6) is 2.10. The van der Waals surface area contributed by atoms with Crippen molar-refractivity contribution in [2.24, 2.45) is 0 Å². The number of aryl methyl sites for hydroxylation is 1. The zero-order valence-electron chi connectivity index (χ0n) is 11.8. The van der Waals surface area contributed by atoms with E-state index in [4.69, 9.17) is 9.47 Å². The van der Waals surface area contributed by atoms with Crippen molar-refractivity contribution >= 4 is 5.91 Å². The second-order valence-electron chi connectivity index (χ2n) is 4.88. The van der Waals surface area contributed by atoms with Gasteiger partial charge in [-0.05, 0) is 36.8 Å². The largest absolute Gasteiger partial charge is 0.493 e. The van der Waals surface area contributed by atoms with E-state index in [0.29, 0.717) is 12.5 Å². The highest BCUT2D eigenvalue weighted by Crippen LogP contribution is 2.45. The van der Waals surface area contributed by atoms with Gasteiger partial charge in [-0.1, -0.05) is 6.07 Å². The molecule has 1 amide bonds. The monoisotopic (exact) mass is 263 g/mol. The first-order valence-electron chi connectivity index (χ1n) is 6.65. The molecule has 2 rings (SSSR count). The highest BCUT2D eigenvalue weighted by atomic mass is 16.5. The lowest BCUT2D eigenvalue weighted by Gasteiger charge is -2.17. The maximum atomic E-state index is 10.9. The Morgan fingerprint density at radius 1 is 1.37 bits per heavy atom. The van der Waals surface area contributed by atoms with Crippen LogP contribution in [0.1, 0.15) is 36.8 Å². The van der Waals surface area contributed by atoms with Crippen molar-refractivity contribution in [2.45, 2.75) is 32.1 Å². The third kappa shape index (κ3) is 2.83. The number of rotatable bonds is 5. The number of hydrogen-bond acceptors (Lipinski definition) is 3. The summed E-state index contributed by atoms with van der Waals surface area (Å²) in [6, 6.07) is 4.09. The number of hydrogen-bond donors (Lipinski definition) is 1. The van der Waals surface area contributed by atoms with E-state index in [1.54, 1.807) is 21.1 Å². The van der Waals surface area contributed by atoms with Gasteiger partial charge in [-0.15, -0.1) is 0 Å². The molecule has 0 fully saturated rings. The van der Waals surface area contributed by atoms with Crippen molar-refractivity contribution in [3.63, 3.8) is 0 Å². The van der Waals surface area contributed by atoms with Gasteiger partial charge in [0.05, 0.1) is 14.2 Å². The Labute approximate surface area is 114 Å². The number of ether oxygens (including phenoxy) is 2. The minimum atomic E-state index is 0.0239. The van der Waals surface area contributed by atoms with Gasteiger partial charge in [0.2, 0.25) is 5.91 Å². The molecule has 1 aliphatic carbocycles. The average Bonchev–Trinajstić information content (AvgIpc) is 2.80. The number of fused-ring (bicyclic) bond motifs is 1. The number of carbonyl (C=O) groups excluding carboxylic acids is 1. The first kappa shape index (κ1) is 13.7. The lowest BCUT2D eigenvalue weighted by Crippen LogP contribution is -2.22. The first-order valence-corrected chi connectivity index (χ1v) is 6.65. The van der Waals surface area contributed by atoms with Crippen molar-refractivity contribution in [3.8, 4) is 11.5 Å². The molecule has 19 heavy (non-hydrogen) atoms. The van der Waals surface area contributed by atoms with Gasteiger partial charge in [0.25, 0.3) is 0 Å². The molecule has 0 bridgehead atoms. The van der Waals surface area contributed by atoms with Crippen molar-refractivity contribution in [1.82, 2.24) is 5.32 Å². The molecule has 0 unspecified atom stereocenters. The lowest BCUT2D eigenvalue weighted by molar-refractivity contribution is -0.118. The standard InChI is InChI=1S/C15H21NO3/c1-10(17)16-9-8-12-5-4-11-6-7-13(18-2)15(19-3)14(11)12/h6-7,12H,4-5,8-9H2,1-3H3,(H,16,17)/t12-/m0/s1. The Balaban J connectivity index is 2.19. The van der Waals surface area contributed by atoms with Gasteiger partial charge in [0.1, 0.15) is 0 Å². The molecule has 0 spiro atoms. The highest BCUT2D eigenvalue weighted by molar-refractivity contribution is 5.72. The molecule has 1 aliphatic rings. The molecule has 4 heteroatoms. The molecular formula is C15H21NO3. The number of carbonyl (C=O) groups is 1. The number of benzene rings is 1. The van der Waals surface area contributed by atoms with Gasteiger partial charge >= 0.3 is 0 Å². The van der Waals surface area contributed by atoms with E-state index in [0.717, 1.165) is 30.8 Å². The van der Waals surface area contributed by atoms with E-state index >= 15 is 0 Å². The summed E-state index contributed by atoms with van der Waals surface area (Å²) in [6.45, 7) is 2.26. The smallest absolute Gasteiger partial charge is 0.216 e. The third-order valence-electron chi connectivity index (χ3n) is 3.71. The van der Waals surface area contributed by atoms with Crippen LogP contribution in [0.4, 0.5) is 0 Å². The van der Waals surface area contributed by atoms with Crippen molar-refractivity contribution in [3.05, 3.63) is 23.3 Å². The minimum absolute atomic E-state index is 0.0239. The molecule has 104 valence electrons. The van der Waals surface area contributed by atoms with E-state index < -0.39 is 0 Å². The van der Waals surface area contributed by atoms with E-state index in [2.05, 4.69) is 11.4 Å². The fourth-order valence-electron chi connectivity index (χ4n) is 2.84. The molecule has 0 aliphatic heterocycles. The second kappa shape index (κ2) is 5.95. The normalized spacial score (nSPS) is 16.9. The molecule has 1 aromatic rings. The predicted octanol–water partition coefficient (Wildman–Crippen LogP) is 2.26. The number of methoxy groups -OCH3 is 2. The van der Waals surface area contributed by atoms with Gasteiger partial charge in [0.15, 0.2) is 11.5 Å². The van der Waals surface area contributed by atoms with Crippen LogP contribution in [0.5, 0.6) is 11.5 Å². The highest BCUT2D eigenvalue weighted by Gasteiger charge is 2.28. The van der Waals surface area contributed by atoms with E-state index in [-0.39, 0.29) is 5.91 Å². The molecule has 0 saturated carbocycles.